The minimum absolute atomic E-state index is 0.0224. The van der Waals surface area contributed by atoms with Crippen molar-refractivity contribution in [3.8, 4) is 0 Å². The van der Waals surface area contributed by atoms with E-state index in [0.717, 1.165) is 44.9 Å². The lowest BCUT2D eigenvalue weighted by Gasteiger charge is -2.40. The number of esters is 1. The van der Waals surface area contributed by atoms with E-state index in [1.54, 1.807) is 0 Å². The van der Waals surface area contributed by atoms with Crippen molar-refractivity contribution in [1.82, 2.24) is 0 Å². The summed E-state index contributed by atoms with van der Waals surface area (Å²) in [7, 11) is 1.48. The number of ether oxygens (including phenoxy) is 2. The monoisotopic (exact) mass is 238 g/mol. The van der Waals surface area contributed by atoms with Gasteiger partial charge in [-0.15, -0.1) is 6.58 Å². The first-order valence-corrected chi connectivity index (χ1v) is 6.59. The molecule has 2 fully saturated rings. The number of fused-ring (bicyclic) bond motifs is 1. The molecule has 0 unspecified atom stereocenters. The summed E-state index contributed by atoms with van der Waals surface area (Å²) in [6.45, 7) is 3.81. The molecular formula is C14H22O3. The van der Waals surface area contributed by atoms with Crippen LogP contribution in [-0.2, 0) is 14.3 Å². The van der Waals surface area contributed by atoms with Crippen LogP contribution < -0.4 is 0 Å². The molecule has 3 atom stereocenters. The number of hydrogen-bond donors (Lipinski definition) is 0. The molecule has 1 saturated carbocycles. The Morgan fingerprint density at radius 1 is 1.35 bits per heavy atom. The van der Waals surface area contributed by atoms with Crippen molar-refractivity contribution in [1.29, 1.82) is 0 Å². The number of methoxy groups -OCH3 is 1. The second-order valence-corrected chi connectivity index (χ2v) is 5.18. The van der Waals surface area contributed by atoms with E-state index in [2.05, 4.69) is 6.58 Å². The van der Waals surface area contributed by atoms with Crippen molar-refractivity contribution < 1.29 is 14.3 Å². The predicted octanol–water partition coefficient (Wildman–Crippen LogP) is 2.84. The van der Waals surface area contributed by atoms with Gasteiger partial charge >= 0.3 is 5.97 Å². The average Bonchev–Trinajstić information content (AvgIpc) is 2.57. The highest BCUT2D eigenvalue weighted by Gasteiger charge is 2.50. The molecule has 3 nitrogen and oxygen atoms in total. The molecular weight excluding hydrogens is 216 g/mol. The van der Waals surface area contributed by atoms with E-state index in [1.165, 1.54) is 7.11 Å². The van der Waals surface area contributed by atoms with E-state index in [-0.39, 0.29) is 23.6 Å². The number of carbonyl (C=O) groups is 1. The van der Waals surface area contributed by atoms with Crippen molar-refractivity contribution in [2.45, 2.75) is 57.2 Å². The van der Waals surface area contributed by atoms with Gasteiger partial charge in [-0.05, 0) is 32.1 Å². The highest BCUT2D eigenvalue weighted by Crippen LogP contribution is 2.46. The van der Waals surface area contributed by atoms with E-state index >= 15 is 0 Å². The Kier molecular flexibility index (Phi) is 3.87. The minimum Gasteiger partial charge on any atom is -0.469 e. The van der Waals surface area contributed by atoms with Crippen LogP contribution in [-0.4, -0.2) is 25.3 Å². The highest BCUT2D eigenvalue weighted by atomic mass is 16.5. The third-order valence-electron chi connectivity index (χ3n) is 4.26. The quantitative estimate of drug-likeness (QED) is 0.548. The van der Waals surface area contributed by atoms with Gasteiger partial charge in [-0.1, -0.05) is 18.9 Å². The first-order valence-electron chi connectivity index (χ1n) is 6.59. The summed E-state index contributed by atoms with van der Waals surface area (Å²) in [5.41, 5.74) is -0.384. The predicted molar refractivity (Wildman–Crippen MR) is 65.6 cm³/mol. The molecule has 0 aromatic heterocycles. The Labute approximate surface area is 103 Å². The van der Waals surface area contributed by atoms with Gasteiger partial charge in [-0.25, -0.2) is 0 Å². The van der Waals surface area contributed by atoms with Crippen LogP contribution in [0.1, 0.15) is 44.9 Å². The normalized spacial score (nSPS) is 37.7. The van der Waals surface area contributed by atoms with Crippen LogP contribution in [0.5, 0.6) is 0 Å². The molecule has 0 bridgehead atoms. The van der Waals surface area contributed by atoms with Crippen LogP contribution >= 0.6 is 0 Å². The van der Waals surface area contributed by atoms with Gasteiger partial charge in [0.1, 0.15) is 0 Å². The second-order valence-electron chi connectivity index (χ2n) is 5.18. The van der Waals surface area contributed by atoms with Gasteiger partial charge in [-0.2, -0.15) is 0 Å². The molecule has 0 spiro atoms. The fraction of sp³-hybridized carbons (Fsp3) is 0.786. The van der Waals surface area contributed by atoms with Gasteiger partial charge < -0.3 is 9.47 Å². The zero-order chi connectivity index (χ0) is 12.3. The zero-order valence-electron chi connectivity index (χ0n) is 10.6. The Balaban J connectivity index is 2.24. The van der Waals surface area contributed by atoms with Crippen LogP contribution in [0.25, 0.3) is 0 Å². The lowest BCUT2D eigenvalue weighted by atomic mass is 9.69. The molecule has 0 aromatic rings. The van der Waals surface area contributed by atoms with Gasteiger partial charge in [-0.3, -0.25) is 4.79 Å². The van der Waals surface area contributed by atoms with Crippen LogP contribution in [0.2, 0.25) is 0 Å². The molecule has 0 radical (unpaired) electrons. The molecule has 1 heterocycles. The standard InChI is InChI=1S/C14H22O3/c1-3-11-7-6-10-14(13(15)16-2)9-5-4-8-12(14)17-11/h3,11-12H,1,4-10H2,2H3/t11-,12+,14-/m1/s1. The average molecular weight is 238 g/mol. The van der Waals surface area contributed by atoms with E-state index in [9.17, 15) is 4.79 Å². The first-order chi connectivity index (χ1) is 8.23. The summed E-state index contributed by atoms with van der Waals surface area (Å²) in [6, 6.07) is 0. The Hall–Kier alpha value is -0.830. The molecule has 0 amide bonds. The van der Waals surface area contributed by atoms with Crippen LogP contribution in [0.3, 0.4) is 0 Å². The summed E-state index contributed by atoms with van der Waals surface area (Å²) in [6.07, 6.45) is 9.01. The summed E-state index contributed by atoms with van der Waals surface area (Å²) in [4.78, 5) is 12.1. The van der Waals surface area contributed by atoms with E-state index < -0.39 is 0 Å². The molecule has 2 rings (SSSR count). The summed E-state index contributed by atoms with van der Waals surface area (Å²) < 4.78 is 11.1. The maximum atomic E-state index is 12.1. The third-order valence-corrected chi connectivity index (χ3v) is 4.26. The smallest absolute Gasteiger partial charge is 0.314 e. The van der Waals surface area contributed by atoms with Crippen LogP contribution in [0.4, 0.5) is 0 Å². The SMILES string of the molecule is C=C[C@@H]1CCC[C@]2(C(=O)OC)CCCC[C@@H]2O1. The maximum Gasteiger partial charge on any atom is 0.314 e. The van der Waals surface area contributed by atoms with Gasteiger partial charge in [0.05, 0.1) is 24.7 Å². The molecule has 1 aliphatic carbocycles. The number of rotatable bonds is 2. The molecule has 17 heavy (non-hydrogen) atoms. The fourth-order valence-corrected chi connectivity index (χ4v) is 3.30. The molecule has 0 N–H and O–H groups in total. The van der Waals surface area contributed by atoms with Gasteiger partial charge in [0, 0.05) is 0 Å². The molecule has 96 valence electrons. The Bertz CT molecular complexity index is 300. The van der Waals surface area contributed by atoms with Crippen LogP contribution in [0.15, 0.2) is 12.7 Å². The zero-order valence-corrected chi connectivity index (χ0v) is 10.6. The maximum absolute atomic E-state index is 12.1. The molecule has 0 aromatic carbocycles. The van der Waals surface area contributed by atoms with Crippen molar-refractivity contribution >= 4 is 5.97 Å². The van der Waals surface area contributed by atoms with E-state index in [0.29, 0.717) is 0 Å². The highest BCUT2D eigenvalue weighted by molar-refractivity contribution is 5.77. The van der Waals surface area contributed by atoms with Crippen LogP contribution in [0, 0.1) is 5.41 Å². The topological polar surface area (TPSA) is 35.5 Å². The Morgan fingerprint density at radius 2 is 2.12 bits per heavy atom. The van der Waals surface area contributed by atoms with E-state index in [1.807, 2.05) is 6.08 Å². The van der Waals surface area contributed by atoms with Gasteiger partial charge in [0.15, 0.2) is 0 Å². The summed E-state index contributed by atoms with van der Waals surface area (Å²) in [5, 5.41) is 0. The van der Waals surface area contributed by atoms with Gasteiger partial charge in [0.25, 0.3) is 0 Å². The molecule has 3 heteroatoms. The summed E-state index contributed by atoms with van der Waals surface area (Å²) in [5.74, 6) is -0.0769. The molecule has 1 saturated heterocycles. The second kappa shape index (κ2) is 5.21. The van der Waals surface area contributed by atoms with Crippen molar-refractivity contribution in [2.75, 3.05) is 7.11 Å². The summed E-state index contributed by atoms with van der Waals surface area (Å²) >= 11 is 0. The molecule has 1 aliphatic heterocycles. The van der Waals surface area contributed by atoms with Gasteiger partial charge in [0.2, 0.25) is 0 Å². The fourth-order valence-electron chi connectivity index (χ4n) is 3.30. The Morgan fingerprint density at radius 3 is 2.82 bits per heavy atom. The number of carbonyl (C=O) groups excluding carboxylic acids is 1. The van der Waals surface area contributed by atoms with E-state index in [4.69, 9.17) is 9.47 Å². The lowest BCUT2D eigenvalue weighted by Crippen LogP contribution is -2.46. The lowest BCUT2D eigenvalue weighted by molar-refractivity contribution is -0.169. The minimum atomic E-state index is -0.384. The number of hydrogen-bond acceptors (Lipinski definition) is 3. The van der Waals surface area contributed by atoms with Crippen molar-refractivity contribution in [3.63, 3.8) is 0 Å². The molecule has 2 aliphatic rings. The van der Waals surface area contributed by atoms with Crippen molar-refractivity contribution in [2.24, 2.45) is 5.41 Å². The first kappa shape index (κ1) is 12.6. The van der Waals surface area contributed by atoms with Crippen molar-refractivity contribution in [3.05, 3.63) is 12.7 Å². The third kappa shape index (κ3) is 2.25. The largest absolute Gasteiger partial charge is 0.469 e.